The summed E-state index contributed by atoms with van der Waals surface area (Å²) in [6.07, 6.45) is 1.18. The molecule has 7 nitrogen and oxygen atoms in total. The number of hydrogen-bond donors (Lipinski definition) is 0. The van der Waals surface area contributed by atoms with Crippen molar-refractivity contribution in [1.29, 1.82) is 0 Å². The molecular formula is C10H6ClF3N2O5S. The van der Waals surface area contributed by atoms with E-state index in [0.29, 0.717) is 6.07 Å². The summed E-state index contributed by atoms with van der Waals surface area (Å²) >= 11 is 5.82. The summed E-state index contributed by atoms with van der Waals surface area (Å²) in [5.74, 6) is -0.854. The van der Waals surface area contributed by atoms with Crippen LogP contribution in [-0.4, -0.2) is 30.4 Å². The summed E-state index contributed by atoms with van der Waals surface area (Å²) in [5.41, 5.74) is -6.84. The molecule has 2 aromatic heterocycles. The molecule has 0 unspecified atom stereocenters. The Morgan fingerprint density at radius 2 is 1.95 bits per heavy atom. The molecular weight excluding hydrogens is 353 g/mol. The monoisotopic (exact) mass is 358 g/mol. The number of nitrogens with zero attached hydrogens (tertiary/aromatic N) is 2. The number of ether oxygens (including phenoxy) is 1. The fourth-order valence-electron chi connectivity index (χ4n) is 1.43. The lowest BCUT2D eigenvalue weighted by atomic mass is 10.4. The van der Waals surface area contributed by atoms with Crippen LogP contribution in [0.1, 0.15) is 0 Å². The highest BCUT2D eigenvalue weighted by Gasteiger charge is 2.49. The topological polar surface area (TPSA) is 87.0 Å². The molecule has 0 aliphatic heterocycles. The lowest BCUT2D eigenvalue weighted by Crippen LogP contribution is -2.29. The van der Waals surface area contributed by atoms with Gasteiger partial charge in [-0.15, -0.1) is 0 Å². The van der Waals surface area contributed by atoms with E-state index in [2.05, 4.69) is 9.17 Å². The predicted octanol–water partition coefficient (Wildman–Crippen LogP) is 1.58. The summed E-state index contributed by atoms with van der Waals surface area (Å²) in [6.45, 7) is 0. The summed E-state index contributed by atoms with van der Waals surface area (Å²) < 4.78 is 68.1. The van der Waals surface area contributed by atoms with Gasteiger partial charge in [-0.05, 0) is 0 Å². The standard InChI is InChI=1S/C10H6ClF3N2O5S/c1-20-5-2-6(11)9-15-7(3-8(17)16(9)4-5)21-22(18,19)10(12,13)14/h2-4H,1H3. The Hall–Kier alpha value is -2.01. The molecule has 0 aliphatic carbocycles. The smallest absolute Gasteiger partial charge is 0.495 e. The van der Waals surface area contributed by atoms with Crippen LogP contribution in [0.4, 0.5) is 13.2 Å². The van der Waals surface area contributed by atoms with Gasteiger partial charge in [-0.1, -0.05) is 11.6 Å². The maximum absolute atomic E-state index is 12.2. The lowest BCUT2D eigenvalue weighted by Gasteiger charge is -2.10. The molecule has 22 heavy (non-hydrogen) atoms. The van der Waals surface area contributed by atoms with Crippen molar-refractivity contribution in [3.05, 3.63) is 33.7 Å². The van der Waals surface area contributed by atoms with Crippen molar-refractivity contribution >= 4 is 27.4 Å². The maximum Gasteiger partial charge on any atom is 0.534 e. The predicted molar refractivity (Wildman–Crippen MR) is 68.6 cm³/mol. The van der Waals surface area contributed by atoms with Crippen LogP contribution in [0.15, 0.2) is 23.1 Å². The molecule has 2 aromatic rings. The molecule has 0 aromatic carbocycles. The minimum atomic E-state index is -5.94. The molecule has 0 fully saturated rings. The van der Waals surface area contributed by atoms with Crippen molar-refractivity contribution in [2.75, 3.05) is 7.11 Å². The summed E-state index contributed by atoms with van der Waals surface area (Å²) in [4.78, 5) is 15.3. The first-order chi connectivity index (χ1) is 10.0. The number of aromatic nitrogens is 2. The number of halogens is 4. The molecule has 2 rings (SSSR count). The average Bonchev–Trinajstić information content (AvgIpc) is 2.38. The molecule has 0 radical (unpaired) electrons. The van der Waals surface area contributed by atoms with Gasteiger partial charge in [0.05, 0.1) is 24.4 Å². The van der Waals surface area contributed by atoms with Gasteiger partial charge in [-0.2, -0.15) is 26.6 Å². The van der Waals surface area contributed by atoms with Gasteiger partial charge in [0.25, 0.3) is 5.56 Å². The Morgan fingerprint density at radius 1 is 1.32 bits per heavy atom. The Bertz CT molecular complexity index is 894. The van der Waals surface area contributed by atoms with E-state index in [9.17, 15) is 26.4 Å². The van der Waals surface area contributed by atoms with Crippen molar-refractivity contribution < 1.29 is 30.5 Å². The Labute approximate surface area is 126 Å². The van der Waals surface area contributed by atoms with Crippen molar-refractivity contribution in [3.63, 3.8) is 0 Å². The Balaban J connectivity index is 2.61. The van der Waals surface area contributed by atoms with Gasteiger partial charge < -0.3 is 8.92 Å². The van der Waals surface area contributed by atoms with Crippen LogP contribution in [0.3, 0.4) is 0 Å². The van der Waals surface area contributed by atoms with Gasteiger partial charge in [0.2, 0.25) is 5.88 Å². The van der Waals surface area contributed by atoms with Crippen molar-refractivity contribution in [3.8, 4) is 11.6 Å². The SMILES string of the molecule is COc1cc(Cl)c2nc(OS(=O)(=O)C(F)(F)F)cc(=O)n2c1. The van der Waals surface area contributed by atoms with Crippen LogP contribution in [-0.2, 0) is 10.1 Å². The molecule has 12 heteroatoms. The van der Waals surface area contributed by atoms with Crippen LogP contribution in [0.25, 0.3) is 5.65 Å². The van der Waals surface area contributed by atoms with Crippen molar-refractivity contribution in [1.82, 2.24) is 9.38 Å². The molecule has 120 valence electrons. The van der Waals surface area contributed by atoms with E-state index in [1.807, 2.05) is 0 Å². The second kappa shape index (κ2) is 5.32. The zero-order valence-electron chi connectivity index (χ0n) is 10.6. The number of hydrogen-bond acceptors (Lipinski definition) is 6. The van der Waals surface area contributed by atoms with Crippen LogP contribution < -0.4 is 14.5 Å². The molecule has 0 spiro atoms. The molecule has 0 N–H and O–H groups in total. The van der Waals surface area contributed by atoms with Gasteiger partial charge in [-0.25, -0.2) is 0 Å². The fraction of sp³-hybridized carbons (Fsp3) is 0.200. The van der Waals surface area contributed by atoms with E-state index in [4.69, 9.17) is 16.3 Å². The average molecular weight is 359 g/mol. The van der Waals surface area contributed by atoms with Crippen LogP contribution in [0, 0.1) is 0 Å². The van der Waals surface area contributed by atoms with Gasteiger partial charge in [0.15, 0.2) is 5.65 Å². The zero-order chi connectivity index (χ0) is 16.7. The number of rotatable bonds is 3. The number of fused-ring (bicyclic) bond motifs is 1. The van der Waals surface area contributed by atoms with Crippen LogP contribution >= 0.6 is 11.6 Å². The normalized spacial score (nSPS) is 12.4. The third kappa shape index (κ3) is 2.95. The second-order valence-electron chi connectivity index (χ2n) is 3.84. The number of alkyl halides is 3. The molecule has 2 heterocycles. The quantitative estimate of drug-likeness (QED) is 0.611. The first kappa shape index (κ1) is 16.4. The number of pyridine rings is 1. The molecule has 0 bridgehead atoms. The summed E-state index contributed by atoms with van der Waals surface area (Å²) in [5, 5.41) is -0.147. The largest absolute Gasteiger partial charge is 0.534 e. The van der Waals surface area contributed by atoms with Gasteiger partial charge in [-0.3, -0.25) is 9.20 Å². The number of methoxy groups -OCH3 is 1. The molecule has 0 saturated carbocycles. The second-order valence-corrected chi connectivity index (χ2v) is 5.78. The minimum absolute atomic E-state index is 0.147. The van der Waals surface area contributed by atoms with Crippen LogP contribution in [0.5, 0.6) is 11.6 Å². The van der Waals surface area contributed by atoms with Crippen molar-refractivity contribution in [2.24, 2.45) is 0 Å². The van der Waals surface area contributed by atoms with Gasteiger partial charge >= 0.3 is 15.6 Å². The first-order valence-electron chi connectivity index (χ1n) is 5.33. The molecule has 0 amide bonds. The van der Waals surface area contributed by atoms with Gasteiger partial charge in [0.1, 0.15) is 5.75 Å². The van der Waals surface area contributed by atoms with E-state index < -0.39 is 27.1 Å². The van der Waals surface area contributed by atoms with E-state index in [1.54, 1.807) is 0 Å². The third-order valence-corrected chi connectivity index (χ3v) is 3.62. The van der Waals surface area contributed by atoms with Crippen LogP contribution in [0.2, 0.25) is 5.02 Å². The van der Waals surface area contributed by atoms with E-state index in [0.717, 1.165) is 4.40 Å². The van der Waals surface area contributed by atoms with Gasteiger partial charge in [0, 0.05) is 6.07 Å². The fourth-order valence-corrected chi connectivity index (χ4v) is 2.08. The lowest BCUT2D eigenvalue weighted by molar-refractivity contribution is -0.0501. The molecule has 0 aliphatic rings. The third-order valence-electron chi connectivity index (χ3n) is 2.38. The molecule has 0 saturated heterocycles. The van der Waals surface area contributed by atoms with E-state index in [1.165, 1.54) is 19.4 Å². The Kier molecular flexibility index (Phi) is 3.96. The maximum atomic E-state index is 12.2. The van der Waals surface area contributed by atoms with E-state index in [-0.39, 0.29) is 16.4 Å². The highest BCUT2D eigenvalue weighted by Crippen LogP contribution is 2.27. The first-order valence-corrected chi connectivity index (χ1v) is 7.11. The Morgan fingerprint density at radius 3 is 2.50 bits per heavy atom. The zero-order valence-corrected chi connectivity index (χ0v) is 12.2. The van der Waals surface area contributed by atoms with E-state index >= 15 is 0 Å². The highest BCUT2D eigenvalue weighted by molar-refractivity contribution is 7.87. The summed E-state index contributed by atoms with van der Waals surface area (Å²) in [7, 11) is -4.63. The molecule has 0 atom stereocenters. The van der Waals surface area contributed by atoms with Crippen molar-refractivity contribution in [2.45, 2.75) is 5.51 Å². The highest BCUT2D eigenvalue weighted by atomic mass is 35.5. The summed E-state index contributed by atoms with van der Waals surface area (Å²) in [6, 6.07) is 1.72. The minimum Gasteiger partial charge on any atom is -0.495 e.